The molecule has 1 aromatic heterocycles. The Bertz CT molecular complexity index is 1370. The van der Waals surface area contributed by atoms with E-state index in [0.29, 0.717) is 17.0 Å². The molecule has 0 bridgehead atoms. The number of aryl methyl sites for hydroxylation is 1. The van der Waals surface area contributed by atoms with E-state index in [1.165, 1.54) is 18.2 Å². The average molecular weight is 540 g/mol. The van der Waals surface area contributed by atoms with Gasteiger partial charge >= 0.3 is 0 Å². The number of nitrogens with one attached hydrogen (secondary N) is 2. The molecule has 4 rings (SSSR count). The maximum Gasteiger partial charge on any atom is 0.263 e. The second-order valence-electron chi connectivity index (χ2n) is 7.69. The molecule has 174 valence electrons. The summed E-state index contributed by atoms with van der Waals surface area (Å²) in [6, 6.07) is 24.5. The van der Waals surface area contributed by atoms with Gasteiger partial charge in [-0.15, -0.1) is 0 Å². The number of aromatic nitrogens is 1. The van der Waals surface area contributed by atoms with Gasteiger partial charge in [0, 0.05) is 28.2 Å². The summed E-state index contributed by atoms with van der Waals surface area (Å²) in [6.45, 7) is 1.68. The smallest absolute Gasteiger partial charge is 0.263 e. The van der Waals surface area contributed by atoms with Crippen molar-refractivity contribution < 1.29 is 17.7 Å². The minimum Gasteiger partial charge on any atom is -0.378 e. The number of hydrogen-bond acceptors (Lipinski definition) is 6. The van der Waals surface area contributed by atoms with E-state index in [4.69, 9.17) is 4.52 Å². The Labute approximate surface area is 206 Å². The maximum atomic E-state index is 12.9. The molecule has 0 saturated heterocycles. The fourth-order valence-electron chi connectivity index (χ4n) is 3.42. The van der Waals surface area contributed by atoms with Gasteiger partial charge in [-0.05, 0) is 48.9 Å². The number of hydrogen-bond donors (Lipinski definition) is 2. The van der Waals surface area contributed by atoms with Gasteiger partial charge in [0.25, 0.3) is 10.0 Å². The van der Waals surface area contributed by atoms with E-state index in [0.717, 1.165) is 10.0 Å². The molecule has 0 saturated carbocycles. The molecule has 0 aliphatic heterocycles. The molecule has 34 heavy (non-hydrogen) atoms. The summed E-state index contributed by atoms with van der Waals surface area (Å²) in [4.78, 5) is 13.0. The van der Waals surface area contributed by atoms with Crippen LogP contribution in [-0.4, -0.2) is 19.4 Å². The van der Waals surface area contributed by atoms with E-state index in [1.807, 2.05) is 42.5 Å². The summed E-state index contributed by atoms with van der Waals surface area (Å²) in [6.07, 6.45) is 0.235. The zero-order valence-electron chi connectivity index (χ0n) is 18.2. The van der Waals surface area contributed by atoms with Crippen molar-refractivity contribution in [1.82, 2.24) is 5.16 Å². The van der Waals surface area contributed by atoms with Crippen LogP contribution in [0.5, 0.6) is 0 Å². The number of nitrogens with zero attached hydrogens (tertiary/aromatic N) is 1. The standard InChI is InChI=1S/C25H22BrN3O4S/c1-17-15-25(28-33-17)29-34(31,32)22-13-11-21(12-14-22)27-23(18-5-3-2-4-6-18)16-24(30)19-7-9-20(26)10-8-19/h2-15,23,27H,16H2,1H3,(H,28,29). The number of anilines is 2. The highest BCUT2D eigenvalue weighted by atomic mass is 79.9. The SMILES string of the molecule is Cc1cc(NS(=O)(=O)c2ccc(NC(CC(=O)c3ccc(Br)cc3)c3ccccc3)cc2)no1. The fourth-order valence-corrected chi connectivity index (χ4v) is 4.67. The number of benzene rings is 3. The lowest BCUT2D eigenvalue weighted by Gasteiger charge is -2.20. The van der Waals surface area contributed by atoms with Gasteiger partial charge in [0.2, 0.25) is 0 Å². The number of carbonyl (C=O) groups excluding carboxylic acids is 1. The van der Waals surface area contributed by atoms with Crippen molar-refractivity contribution in [3.8, 4) is 0 Å². The zero-order valence-corrected chi connectivity index (χ0v) is 20.6. The molecule has 2 N–H and O–H groups in total. The van der Waals surface area contributed by atoms with Gasteiger partial charge in [-0.25, -0.2) is 8.42 Å². The first kappa shape index (κ1) is 23.7. The number of ketones is 1. The van der Waals surface area contributed by atoms with Gasteiger partial charge < -0.3 is 9.84 Å². The van der Waals surface area contributed by atoms with Crippen molar-refractivity contribution in [3.63, 3.8) is 0 Å². The topological polar surface area (TPSA) is 101 Å². The molecule has 0 fully saturated rings. The second kappa shape index (κ2) is 10.2. The monoisotopic (exact) mass is 539 g/mol. The largest absolute Gasteiger partial charge is 0.378 e. The third kappa shape index (κ3) is 5.92. The molecule has 3 aromatic carbocycles. The van der Waals surface area contributed by atoms with Crippen LogP contribution in [0.2, 0.25) is 0 Å². The van der Waals surface area contributed by atoms with E-state index in [1.54, 1.807) is 31.2 Å². The molecule has 7 nitrogen and oxygen atoms in total. The molecule has 0 spiro atoms. The van der Waals surface area contributed by atoms with Crippen LogP contribution in [0.4, 0.5) is 11.5 Å². The summed E-state index contributed by atoms with van der Waals surface area (Å²) in [5, 5.41) is 7.03. The molecule has 0 aliphatic rings. The predicted molar refractivity (Wildman–Crippen MR) is 134 cm³/mol. The van der Waals surface area contributed by atoms with E-state index >= 15 is 0 Å². The molecule has 0 aliphatic carbocycles. The van der Waals surface area contributed by atoms with Gasteiger partial charge in [0.15, 0.2) is 11.6 Å². The number of Topliss-reactive ketones (excluding diaryl/α,β-unsaturated/α-hetero) is 1. The summed E-state index contributed by atoms with van der Waals surface area (Å²) in [5.74, 6) is 0.623. The number of rotatable bonds is 9. The molecule has 1 heterocycles. The minimum absolute atomic E-state index is 0.000145. The number of carbonyl (C=O) groups is 1. The second-order valence-corrected chi connectivity index (χ2v) is 10.3. The Kier molecular flexibility index (Phi) is 7.14. The molecular formula is C25H22BrN3O4S. The third-order valence-electron chi connectivity index (χ3n) is 5.13. The number of sulfonamides is 1. The Hall–Kier alpha value is -3.43. The first-order chi connectivity index (χ1) is 16.3. The molecule has 4 aromatic rings. The van der Waals surface area contributed by atoms with Gasteiger partial charge in [-0.3, -0.25) is 9.52 Å². The van der Waals surface area contributed by atoms with E-state index in [-0.39, 0.29) is 29.0 Å². The minimum atomic E-state index is -3.81. The highest BCUT2D eigenvalue weighted by Gasteiger charge is 2.19. The molecule has 0 radical (unpaired) electrons. The quantitative estimate of drug-likeness (QED) is 0.254. The van der Waals surface area contributed by atoms with Gasteiger partial charge in [0.05, 0.1) is 10.9 Å². The van der Waals surface area contributed by atoms with Crippen LogP contribution in [0.3, 0.4) is 0 Å². The Morgan fingerprint density at radius 1 is 1.00 bits per heavy atom. The summed E-state index contributed by atoms with van der Waals surface area (Å²) >= 11 is 3.39. The van der Waals surface area contributed by atoms with Crippen molar-refractivity contribution in [2.45, 2.75) is 24.3 Å². The lowest BCUT2D eigenvalue weighted by molar-refractivity contribution is 0.0976. The Balaban J connectivity index is 1.52. The predicted octanol–water partition coefficient (Wildman–Crippen LogP) is 5.97. The maximum absolute atomic E-state index is 12.9. The van der Waals surface area contributed by atoms with Crippen LogP contribution in [0, 0.1) is 6.92 Å². The van der Waals surface area contributed by atoms with Crippen molar-refractivity contribution in [3.05, 3.63) is 106 Å². The van der Waals surface area contributed by atoms with E-state index in [9.17, 15) is 13.2 Å². The first-order valence-electron chi connectivity index (χ1n) is 10.5. The number of halogens is 1. The Morgan fingerprint density at radius 2 is 1.68 bits per heavy atom. The van der Waals surface area contributed by atoms with E-state index < -0.39 is 10.0 Å². The van der Waals surface area contributed by atoms with Crippen molar-refractivity contribution in [1.29, 1.82) is 0 Å². The van der Waals surface area contributed by atoms with Gasteiger partial charge in [-0.2, -0.15) is 0 Å². The third-order valence-corrected chi connectivity index (χ3v) is 7.03. The van der Waals surface area contributed by atoms with Gasteiger partial charge in [0.1, 0.15) is 5.76 Å². The van der Waals surface area contributed by atoms with Gasteiger partial charge in [-0.1, -0.05) is 63.6 Å². The fraction of sp³-hybridized carbons (Fsp3) is 0.120. The molecule has 1 atom stereocenters. The van der Waals surface area contributed by atoms with Crippen LogP contribution >= 0.6 is 15.9 Å². The van der Waals surface area contributed by atoms with Crippen LogP contribution < -0.4 is 10.0 Å². The van der Waals surface area contributed by atoms with Crippen LogP contribution in [0.25, 0.3) is 0 Å². The van der Waals surface area contributed by atoms with Crippen LogP contribution in [-0.2, 0) is 10.0 Å². The first-order valence-corrected chi connectivity index (χ1v) is 12.7. The molecule has 9 heteroatoms. The zero-order chi connectivity index (χ0) is 24.1. The van der Waals surface area contributed by atoms with Crippen LogP contribution in [0.1, 0.15) is 34.1 Å². The summed E-state index contributed by atoms with van der Waals surface area (Å²) in [7, 11) is -3.81. The summed E-state index contributed by atoms with van der Waals surface area (Å²) in [5.41, 5.74) is 2.27. The molecule has 0 amide bonds. The Morgan fingerprint density at radius 3 is 2.29 bits per heavy atom. The van der Waals surface area contributed by atoms with Crippen molar-refractivity contribution >= 4 is 43.2 Å². The van der Waals surface area contributed by atoms with Crippen molar-refractivity contribution in [2.24, 2.45) is 0 Å². The van der Waals surface area contributed by atoms with Crippen molar-refractivity contribution in [2.75, 3.05) is 10.0 Å². The highest BCUT2D eigenvalue weighted by molar-refractivity contribution is 9.10. The highest BCUT2D eigenvalue weighted by Crippen LogP contribution is 2.26. The summed E-state index contributed by atoms with van der Waals surface area (Å²) < 4.78 is 33.5. The molecular weight excluding hydrogens is 518 g/mol. The average Bonchev–Trinajstić information content (AvgIpc) is 3.23. The lowest BCUT2D eigenvalue weighted by Crippen LogP contribution is -2.16. The lowest BCUT2D eigenvalue weighted by atomic mass is 9.97. The van der Waals surface area contributed by atoms with Crippen LogP contribution in [0.15, 0.2) is 98.8 Å². The van der Waals surface area contributed by atoms with E-state index in [2.05, 4.69) is 31.1 Å². The normalized spacial score (nSPS) is 12.2. The molecule has 1 unspecified atom stereocenters.